The molecule has 0 atom stereocenters. The third kappa shape index (κ3) is 3.20. The van der Waals surface area contributed by atoms with E-state index in [9.17, 15) is 4.79 Å². The molecule has 0 bridgehead atoms. The van der Waals surface area contributed by atoms with Crippen LogP contribution in [0, 0.1) is 0 Å². The molecule has 0 spiro atoms. The number of aryl methyl sites for hydroxylation is 1. The molecule has 1 aromatic heterocycles. The molecule has 1 N–H and O–H groups in total. The molecule has 1 heterocycles. The molecule has 0 amide bonds. The number of anilines is 1. The van der Waals surface area contributed by atoms with Crippen molar-refractivity contribution >= 4 is 29.1 Å². The van der Waals surface area contributed by atoms with E-state index in [1.807, 2.05) is 11.8 Å². The average molecular weight is 290 g/mol. The third-order valence-electron chi connectivity index (χ3n) is 3.40. The second kappa shape index (κ2) is 6.48. The topological polar surface area (TPSA) is 46.9 Å². The second-order valence-electron chi connectivity index (χ2n) is 4.25. The maximum Gasteiger partial charge on any atom is 0.287 e. The van der Waals surface area contributed by atoms with E-state index in [2.05, 4.69) is 30.5 Å². The highest BCUT2D eigenvalue weighted by molar-refractivity contribution is 8.00. The molecule has 0 fully saturated rings. The number of aromatic nitrogens is 2. The first-order valence-corrected chi connectivity index (χ1v) is 7.60. The summed E-state index contributed by atoms with van der Waals surface area (Å²) in [6, 6.07) is 0. The number of thioether (sulfide) groups is 1. The highest BCUT2D eigenvalue weighted by Gasteiger charge is 2.25. The molecule has 0 radical (unpaired) electrons. The van der Waals surface area contributed by atoms with Crippen LogP contribution in [0.15, 0.2) is 11.0 Å². The summed E-state index contributed by atoms with van der Waals surface area (Å²) in [5.74, 6) is 0. The van der Waals surface area contributed by atoms with Gasteiger partial charge >= 0.3 is 0 Å². The largest absolute Gasteiger partial charge is 0.381 e. The summed E-state index contributed by atoms with van der Waals surface area (Å²) < 4.78 is 1.40. The molecule has 1 rings (SSSR count). The van der Waals surface area contributed by atoms with E-state index in [0.29, 0.717) is 5.69 Å². The Bertz CT molecular complexity index is 449. The number of nitrogens with one attached hydrogen (secondary N) is 1. The molecule has 0 saturated heterocycles. The molecule has 0 unspecified atom stereocenters. The average Bonchev–Trinajstić information content (AvgIpc) is 2.40. The van der Waals surface area contributed by atoms with Crippen molar-refractivity contribution in [3.8, 4) is 0 Å². The Balaban J connectivity index is 2.87. The molecule has 0 aromatic carbocycles. The number of nitrogens with zero attached hydrogens (tertiary/aromatic N) is 2. The van der Waals surface area contributed by atoms with Crippen LogP contribution in [0.2, 0.25) is 5.02 Å². The van der Waals surface area contributed by atoms with Gasteiger partial charge in [-0.15, -0.1) is 0 Å². The van der Waals surface area contributed by atoms with Gasteiger partial charge in [0, 0.05) is 18.3 Å². The van der Waals surface area contributed by atoms with Crippen molar-refractivity contribution < 1.29 is 0 Å². The van der Waals surface area contributed by atoms with Gasteiger partial charge in [0.15, 0.2) is 0 Å². The van der Waals surface area contributed by atoms with Crippen LogP contribution in [0.1, 0.15) is 26.7 Å². The normalized spacial score (nSPS) is 11.6. The molecular weight excluding hydrogens is 270 g/mol. The van der Waals surface area contributed by atoms with Gasteiger partial charge in [-0.25, -0.2) is 4.68 Å². The Kier molecular flexibility index (Phi) is 5.53. The highest BCUT2D eigenvalue weighted by Crippen LogP contribution is 2.31. The fourth-order valence-corrected chi connectivity index (χ4v) is 2.78. The van der Waals surface area contributed by atoms with Crippen LogP contribution < -0.4 is 10.9 Å². The van der Waals surface area contributed by atoms with Crippen molar-refractivity contribution in [3.63, 3.8) is 0 Å². The van der Waals surface area contributed by atoms with Gasteiger partial charge in [-0.1, -0.05) is 25.4 Å². The zero-order valence-electron chi connectivity index (χ0n) is 11.3. The zero-order chi connectivity index (χ0) is 13.8. The van der Waals surface area contributed by atoms with E-state index in [4.69, 9.17) is 11.6 Å². The molecule has 0 aliphatic rings. The Morgan fingerprint density at radius 3 is 2.61 bits per heavy atom. The van der Waals surface area contributed by atoms with Crippen LogP contribution in [0.25, 0.3) is 0 Å². The fourth-order valence-electron chi connectivity index (χ4n) is 1.75. The van der Waals surface area contributed by atoms with Gasteiger partial charge in [-0.2, -0.15) is 16.9 Å². The number of hydrogen-bond acceptors (Lipinski definition) is 4. The Hall–Kier alpha value is -0.680. The molecule has 1 aromatic rings. The first-order chi connectivity index (χ1) is 8.49. The molecule has 18 heavy (non-hydrogen) atoms. The van der Waals surface area contributed by atoms with Gasteiger partial charge in [0.25, 0.3) is 5.56 Å². The minimum atomic E-state index is -0.274. The van der Waals surface area contributed by atoms with Crippen molar-refractivity contribution in [1.29, 1.82) is 0 Å². The Labute approximate surface area is 117 Å². The van der Waals surface area contributed by atoms with Crippen molar-refractivity contribution in [2.75, 3.05) is 18.1 Å². The monoisotopic (exact) mass is 289 g/mol. The maximum absolute atomic E-state index is 11.6. The van der Waals surface area contributed by atoms with Crippen LogP contribution in [0.3, 0.4) is 0 Å². The molecule has 0 aliphatic heterocycles. The van der Waals surface area contributed by atoms with Crippen molar-refractivity contribution in [3.05, 3.63) is 21.6 Å². The lowest BCUT2D eigenvalue weighted by molar-refractivity contribution is 0.574. The molecular formula is C12H20ClN3OS. The summed E-state index contributed by atoms with van der Waals surface area (Å²) in [5.41, 5.74) is 0.338. The van der Waals surface area contributed by atoms with E-state index in [-0.39, 0.29) is 15.3 Å². The van der Waals surface area contributed by atoms with E-state index in [0.717, 1.165) is 19.4 Å². The first kappa shape index (κ1) is 15.4. The van der Waals surface area contributed by atoms with E-state index in [1.54, 1.807) is 13.2 Å². The van der Waals surface area contributed by atoms with Crippen molar-refractivity contribution in [2.24, 2.45) is 7.05 Å². The lowest BCUT2D eigenvalue weighted by Crippen LogP contribution is -2.32. The predicted molar refractivity (Wildman–Crippen MR) is 79.8 cm³/mol. The first-order valence-electron chi connectivity index (χ1n) is 6.00. The van der Waals surface area contributed by atoms with E-state index < -0.39 is 0 Å². The molecule has 6 heteroatoms. The zero-order valence-corrected chi connectivity index (χ0v) is 12.9. The van der Waals surface area contributed by atoms with Crippen LogP contribution in [0.4, 0.5) is 5.69 Å². The highest BCUT2D eigenvalue weighted by atomic mass is 35.5. The lowest BCUT2D eigenvalue weighted by atomic mass is 10.0. The summed E-state index contributed by atoms with van der Waals surface area (Å²) in [4.78, 5) is 11.6. The molecule has 0 saturated carbocycles. The van der Waals surface area contributed by atoms with Crippen LogP contribution in [0.5, 0.6) is 0 Å². The Morgan fingerprint density at radius 1 is 1.50 bits per heavy atom. The fraction of sp³-hybridized carbons (Fsp3) is 0.667. The van der Waals surface area contributed by atoms with Crippen LogP contribution in [-0.4, -0.2) is 27.3 Å². The molecule has 4 nitrogen and oxygen atoms in total. The summed E-state index contributed by atoms with van der Waals surface area (Å²) in [6.45, 7) is 5.12. The SMILES string of the molecule is CCC(CC)(CNc1cnn(C)c(=O)c1Cl)SC. The van der Waals surface area contributed by atoms with Gasteiger partial charge in [-0.05, 0) is 19.1 Å². The summed E-state index contributed by atoms with van der Waals surface area (Å²) in [5, 5.41) is 7.42. The minimum Gasteiger partial charge on any atom is -0.381 e. The van der Waals surface area contributed by atoms with Gasteiger partial charge in [0.2, 0.25) is 0 Å². The molecule has 0 aliphatic carbocycles. The van der Waals surface area contributed by atoms with Crippen LogP contribution >= 0.6 is 23.4 Å². The second-order valence-corrected chi connectivity index (χ2v) is 5.90. The van der Waals surface area contributed by atoms with E-state index in [1.165, 1.54) is 4.68 Å². The van der Waals surface area contributed by atoms with Crippen molar-refractivity contribution in [2.45, 2.75) is 31.4 Å². The van der Waals surface area contributed by atoms with Crippen LogP contribution in [-0.2, 0) is 7.05 Å². The lowest BCUT2D eigenvalue weighted by Gasteiger charge is -2.30. The van der Waals surface area contributed by atoms with Gasteiger partial charge in [-0.3, -0.25) is 4.79 Å². The van der Waals surface area contributed by atoms with Gasteiger partial charge < -0.3 is 5.32 Å². The van der Waals surface area contributed by atoms with Gasteiger partial charge in [0.05, 0.1) is 11.9 Å². The molecule has 102 valence electrons. The summed E-state index contributed by atoms with van der Waals surface area (Å²) in [7, 11) is 1.59. The third-order valence-corrected chi connectivity index (χ3v) is 5.35. The number of halogens is 1. The quantitative estimate of drug-likeness (QED) is 0.875. The Morgan fingerprint density at radius 2 is 2.11 bits per heavy atom. The van der Waals surface area contributed by atoms with E-state index >= 15 is 0 Å². The predicted octanol–water partition coefficient (Wildman–Crippen LogP) is 2.77. The minimum absolute atomic E-state index is 0.171. The van der Waals surface area contributed by atoms with Crippen molar-refractivity contribution in [1.82, 2.24) is 9.78 Å². The number of hydrogen-bond donors (Lipinski definition) is 1. The summed E-state index contributed by atoms with van der Waals surface area (Å²) >= 11 is 7.85. The number of rotatable bonds is 6. The smallest absolute Gasteiger partial charge is 0.287 e. The maximum atomic E-state index is 11.6. The van der Waals surface area contributed by atoms with Gasteiger partial charge in [0.1, 0.15) is 5.02 Å². The summed E-state index contributed by atoms with van der Waals surface area (Å²) in [6.07, 6.45) is 5.83. The standard InChI is InChI=1S/C12H20ClN3OS/c1-5-12(6-2,18-4)8-14-9-7-15-16(3)11(17)10(9)13/h7,14H,5-6,8H2,1-4H3.